The van der Waals surface area contributed by atoms with Gasteiger partial charge in [-0.25, -0.2) is 9.18 Å². The Bertz CT molecular complexity index is 515. The minimum absolute atomic E-state index is 0.000231. The fourth-order valence-corrected chi connectivity index (χ4v) is 1.84. The van der Waals surface area contributed by atoms with Crippen LogP contribution >= 0.6 is 0 Å². The first-order chi connectivity index (χ1) is 8.99. The predicted molar refractivity (Wildman–Crippen MR) is 67.8 cm³/mol. The molecule has 5 nitrogen and oxygen atoms in total. The number of carboxylic acid groups (broad SMARTS) is 1. The number of amides is 1. The van der Waals surface area contributed by atoms with Gasteiger partial charge in [-0.2, -0.15) is 0 Å². The number of halogens is 1. The SMILES string of the molecule is CN(CC(=O)NC1CC1)c1cccc(F)c1C(=O)O. The second-order valence-electron chi connectivity index (χ2n) is 4.64. The Balaban J connectivity index is 2.13. The monoisotopic (exact) mass is 266 g/mol. The van der Waals surface area contributed by atoms with Crippen LogP contribution in [0.5, 0.6) is 0 Å². The van der Waals surface area contributed by atoms with Crippen molar-refractivity contribution in [3.05, 3.63) is 29.6 Å². The lowest BCUT2D eigenvalue weighted by Crippen LogP contribution is -2.36. The Hall–Kier alpha value is -2.11. The van der Waals surface area contributed by atoms with Gasteiger partial charge in [0.2, 0.25) is 5.91 Å². The molecule has 0 aromatic heterocycles. The van der Waals surface area contributed by atoms with Crippen LogP contribution < -0.4 is 10.2 Å². The molecule has 0 bridgehead atoms. The smallest absolute Gasteiger partial charge is 0.340 e. The van der Waals surface area contributed by atoms with Crippen LogP contribution in [0, 0.1) is 5.82 Å². The number of hydrogen-bond acceptors (Lipinski definition) is 3. The van der Waals surface area contributed by atoms with Crippen molar-refractivity contribution in [3.63, 3.8) is 0 Å². The van der Waals surface area contributed by atoms with Crippen molar-refractivity contribution in [2.24, 2.45) is 0 Å². The second kappa shape index (κ2) is 5.26. The Labute approximate surface area is 110 Å². The maximum absolute atomic E-state index is 13.5. The first kappa shape index (κ1) is 13.3. The highest BCUT2D eigenvalue weighted by Gasteiger charge is 2.24. The summed E-state index contributed by atoms with van der Waals surface area (Å²) in [7, 11) is 1.56. The molecule has 2 rings (SSSR count). The highest BCUT2D eigenvalue weighted by Crippen LogP contribution is 2.22. The Morgan fingerprint density at radius 1 is 1.47 bits per heavy atom. The van der Waals surface area contributed by atoms with E-state index in [0.717, 1.165) is 18.9 Å². The van der Waals surface area contributed by atoms with E-state index in [1.165, 1.54) is 17.0 Å². The number of carbonyl (C=O) groups is 2. The van der Waals surface area contributed by atoms with Gasteiger partial charge in [-0.15, -0.1) is 0 Å². The fourth-order valence-electron chi connectivity index (χ4n) is 1.84. The molecule has 1 saturated carbocycles. The molecule has 0 atom stereocenters. The largest absolute Gasteiger partial charge is 0.478 e. The summed E-state index contributed by atoms with van der Waals surface area (Å²) in [6.45, 7) is 0.000231. The van der Waals surface area contributed by atoms with Crippen molar-refractivity contribution in [2.75, 3.05) is 18.5 Å². The molecule has 1 aromatic rings. The van der Waals surface area contributed by atoms with Gasteiger partial charge in [0.15, 0.2) is 0 Å². The van der Waals surface area contributed by atoms with Crippen LogP contribution in [-0.4, -0.2) is 36.6 Å². The van der Waals surface area contributed by atoms with Crippen molar-refractivity contribution in [1.82, 2.24) is 5.32 Å². The van der Waals surface area contributed by atoms with Gasteiger partial charge < -0.3 is 15.3 Å². The Morgan fingerprint density at radius 2 is 2.16 bits per heavy atom. The molecule has 2 N–H and O–H groups in total. The molecule has 0 unspecified atom stereocenters. The van der Waals surface area contributed by atoms with Gasteiger partial charge >= 0.3 is 5.97 Å². The van der Waals surface area contributed by atoms with E-state index in [9.17, 15) is 14.0 Å². The highest BCUT2D eigenvalue weighted by atomic mass is 19.1. The lowest BCUT2D eigenvalue weighted by Gasteiger charge is -2.20. The van der Waals surface area contributed by atoms with Crippen molar-refractivity contribution >= 4 is 17.6 Å². The van der Waals surface area contributed by atoms with Crippen molar-refractivity contribution < 1.29 is 19.1 Å². The molecule has 1 aliphatic rings. The number of aromatic carboxylic acids is 1. The third-order valence-corrected chi connectivity index (χ3v) is 2.94. The van der Waals surface area contributed by atoms with Crippen LogP contribution in [0.2, 0.25) is 0 Å². The van der Waals surface area contributed by atoms with Gasteiger partial charge in [-0.05, 0) is 25.0 Å². The van der Waals surface area contributed by atoms with E-state index in [4.69, 9.17) is 5.11 Å². The van der Waals surface area contributed by atoms with Gasteiger partial charge in [0.05, 0.1) is 12.2 Å². The minimum atomic E-state index is -1.34. The van der Waals surface area contributed by atoms with Gasteiger partial charge in [-0.3, -0.25) is 4.79 Å². The fraction of sp³-hybridized carbons (Fsp3) is 0.385. The molecule has 0 spiro atoms. The maximum Gasteiger partial charge on any atom is 0.340 e. The standard InChI is InChI=1S/C13H15FN2O3/c1-16(7-11(17)15-8-5-6-8)10-4-2-3-9(14)12(10)13(18)19/h2-4,8H,5-7H2,1H3,(H,15,17)(H,18,19). The summed E-state index contributed by atoms with van der Waals surface area (Å²) < 4.78 is 13.5. The number of rotatable bonds is 5. The van der Waals surface area contributed by atoms with E-state index in [1.807, 2.05) is 0 Å². The molecule has 1 aliphatic carbocycles. The number of nitrogens with zero attached hydrogens (tertiary/aromatic N) is 1. The van der Waals surface area contributed by atoms with E-state index < -0.39 is 17.3 Å². The zero-order chi connectivity index (χ0) is 14.0. The third-order valence-electron chi connectivity index (χ3n) is 2.94. The summed E-state index contributed by atoms with van der Waals surface area (Å²) in [6, 6.07) is 4.24. The molecule has 0 aliphatic heterocycles. The van der Waals surface area contributed by atoms with E-state index in [2.05, 4.69) is 5.32 Å². The number of nitrogens with one attached hydrogen (secondary N) is 1. The second-order valence-corrected chi connectivity index (χ2v) is 4.64. The number of carboxylic acids is 1. The molecule has 0 radical (unpaired) electrons. The van der Waals surface area contributed by atoms with E-state index >= 15 is 0 Å². The molecule has 6 heteroatoms. The Kier molecular flexibility index (Phi) is 3.69. The average molecular weight is 266 g/mol. The minimum Gasteiger partial charge on any atom is -0.478 e. The average Bonchev–Trinajstić information content (AvgIpc) is 3.11. The quantitative estimate of drug-likeness (QED) is 0.841. The summed E-state index contributed by atoms with van der Waals surface area (Å²) in [4.78, 5) is 24.1. The topological polar surface area (TPSA) is 69.6 Å². The lowest BCUT2D eigenvalue weighted by molar-refractivity contribution is -0.119. The summed E-state index contributed by atoms with van der Waals surface area (Å²) in [5, 5.41) is 11.8. The summed E-state index contributed by atoms with van der Waals surface area (Å²) in [5.74, 6) is -2.34. The van der Waals surface area contributed by atoms with Crippen molar-refractivity contribution in [1.29, 1.82) is 0 Å². The molecule has 0 heterocycles. The van der Waals surface area contributed by atoms with E-state index in [0.29, 0.717) is 0 Å². The summed E-state index contributed by atoms with van der Waals surface area (Å²) in [5.41, 5.74) is -0.220. The molecule has 0 saturated heterocycles. The molecular weight excluding hydrogens is 251 g/mol. The third kappa shape index (κ3) is 3.21. The number of hydrogen-bond donors (Lipinski definition) is 2. The predicted octanol–water partition coefficient (Wildman–Crippen LogP) is 1.24. The first-order valence-electron chi connectivity index (χ1n) is 6.01. The van der Waals surface area contributed by atoms with Gasteiger partial charge in [-0.1, -0.05) is 6.07 Å². The van der Waals surface area contributed by atoms with Crippen LogP contribution in [0.25, 0.3) is 0 Å². The number of carbonyl (C=O) groups excluding carboxylic acids is 1. The summed E-state index contributed by atoms with van der Waals surface area (Å²) in [6.07, 6.45) is 1.96. The van der Waals surface area contributed by atoms with Gasteiger partial charge in [0.25, 0.3) is 0 Å². The molecule has 1 amide bonds. The zero-order valence-electron chi connectivity index (χ0n) is 10.5. The van der Waals surface area contributed by atoms with Crippen LogP contribution in [0.4, 0.5) is 10.1 Å². The van der Waals surface area contributed by atoms with Crippen molar-refractivity contribution in [2.45, 2.75) is 18.9 Å². The summed E-state index contributed by atoms with van der Waals surface area (Å²) >= 11 is 0. The number of anilines is 1. The molecule has 1 fully saturated rings. The maximum atomic E-state index is 13.5. The normalized spacial score (nSPS) is 14.0. The molecular formula is C13H15FN2O3. The van der Waals surface area contributed by atoms with Gasteiger partial charge in [0.1, 0.15) is 11.4 Å². The molecule has 102 valence electrons. The van der Waals surface area contributed by atoms with E-state index in [1.54, 1.807) is 7.05 Å². The van der Waals surface area contributed by atoms with Crippen LogP contribution in [-0.2, 0) is 4.79 Å². The number of benzene rings is 1. The Morgan fingerprint density at radius 3 is 2.74 bits per heavy atom. The van der Waals surface area contributed by atoms with Crippen LogP contribution in [0.15, 0.2) is 18.2 Å². The first-order valence-corrected chi connectivity index (χ1v) is 6.01. The highest BCUT2D eigenvalue weighted by molar-refractivity contribution is 5.95. The molecule has 1 aromatic carbocycles. The van der Waals surface area contributed by atoms with Gasteiger partial charge in [0, 0.05) is 13.1 Å². The van der Waals surface area contributed by atoms with Crippen molar-refractivity contribution in [3.8, 4) is 0 Å². The van der Waals surface area contributed by atoms with E-state index in [-0.39, 0.29) is 24.2 Å². The van der Waals surface area contributed by atoms with Crippen LogP contribution in [0.3, 0.4) is 0 Å². The van der Waals surface area contributed by atoms with Crippen LogP contribution in [0.1, 0.15) is 23.2 Å². The lowest BCUT2D eigenvalue weighted by atomic mass is 10.1. The zero-order valence-corrected chi connectivity index (χ0v) is 10.5. The molecule has 19 heavy (non-hydrogen) atoms. The number of likely N-dealkylation sites (N-methyl/N-ethyl adjacent to an activating group) is 1.